The zero-order valence-electron chi connectivity index (χ0n) is 16.3. The summed E-state index contributed by atoms with van der Waals surface area (Å²) in [6.45, 7) is 5.14. The monoisotopic (exact) mass is 379 g/mol. The molecule has 2 aliphatic heterocycles. The van der Waals surface area contributed by atoms with Crippen molar-refractivity contribution >= 4 is 11.7 Å². The molecule has 1 N–H and O–H groups in total. The van der Waals surface area contributed by atoms with Crippen molar-refractivity contribution in [3.8, 4) is 0 Å². The summed E-state index contributed by atoms with van der Waals surface area (Å²) in [5.41, 5.74) is 2.48. The van der Waals surface area contributed by atoms with E-state index in [0.717, 1.165) is 45.7 Å². The van der Waals surface area contributed by atoms with Crippen LogP contribution in [0.2, 0.25) is 0 Å². The summed E-state index contributed by atoms with van der Waals surface area (Å²) in [5.74, 6) is 0. The number of amides is 2. The van der Waals surface area contributed by atoms with E-state index >= 15 is 0 Å². The lowest BCUT2D eigenvalue weighted by Crippen LogP contribution is -2.57. The molecule has 0 radical (unpaired) electrons. The van der Waals surface area contributed by atoms with Crippen LogP contribution >= 0.6 is 0 Å². The van der Waals surface area contributed by atoms with E-state index in [0.29, 0.717) is 0 Å². The molecule has 0 saturated carbocycles. The Hall–Kier alpha value is -2.60. The molecule has 2 fully saturated rings. The molecule has 6 nitrogen and oxygen atoms in total. The van der Waals surface area contributed by atoms with E-state index in [4.69, 9.17) is 0 Å². The maximum Gasteiger partial charge on any atom is 0.318 e. The number of aromatic nitrogens is 1. The highest BCUT2D eigenvalue weighted by atomic mass is 16.2. The third kappa shape index (κ3) is 4.62. The highest BCUT2D eigenvalue weighted by Crippen LogP contribution is 2.19. The number of carbonyl (C=O) groups is 1. The Balaban J connectivity index is 1.31. The van der Waals surface area contributed by atoms with Crippen molar-refractivity contribution in [2.45, 2.75) is 32.0 Å². The van der Waals surface area contributed by atoms with Gasteiger partial charge in [-0.05, 0) is 37.0 Å². The SMILES string of the molecule is O=C(NC1CCCCN1Cc1ccccc1)N1CCN(c2ccncc2)CC1. The number of likely N-dealkylation sites (tertiary alicyclic amines) is 1. The lowest BCUT2D eigenvalue weighted by molar-refractivity contribution is 0.107. The van der Waals surface area contributed by atoms with Gasteiger partial charge in [-0.2, -0.15) is 0 Å². The Morgan fingerprint density at radius 3 is 2.46 bits per heavy atom. The minimum Gasteiger partial charge on any atom is -0.368 e. The first kappa shape index (κ1) is 18.7. The van der Waals surface area contributed by atoms with E-state index in [1.807, 2.05) is 35.5 Å². The van der Waals surface area contributed by atoms with Gasteiger partial charge in [-0.15, -0.1) is 0 Å². The summed E-state index contributed by atoms with van der Waals surface area (Å²) in [7, 11) is 0. The van der Waals surface area contributed by atoms with Crippen LogP contribution in [-0.4, -0.2) is 59.7 Å². The van der Waals surface area contributed by atoms with Crippen LogP contribution in [0.5, 0.6) is 0 Å². The maximum absolute atomic E-state index is 12.9. The molecule has 0 aliphatic carbocycles. The number of pyridine rings is 1. The second kappa shape index (κ2) is 9.06. The largest absolute Gasteiger partial charge is 0.368 e. The number of carbonyl (C=O) groups excluding carboxylic acids is 1. The fourth-order valence-corrected chi connectivity index (χ4v) is 4.12. The van der Waals surface area contributed by atoms with Crippen molar-refractivity contribution in [2.75, 3.05) is 37.6 Å². The van der Waals surface area contributed by atoms with Gasteiger partial charge in [0.25, 0.3) is 0 Å². The molecule has 2 amide bonds. The van der Waals surface area contributed by atoms with Crippen molar-refractivity contribution in [1.82, 2.24) is 20.1 Å². The predicted octanol–water partition coefficient (Wildman–Crippen LogP) is 2.93. The van der Waals surface area contributed by atoms with Gasteiger partial charge < -0.3 is 15.1 Å². The van der Waals surface area contributed by atoms with E-state index in [1.165, 1.54) is 24.1 Å². The Morgan fingerprint density at radius 2 is 1.71 bits per heavy atom. The second-order valence-corrected chi connectivity index (χ2v) is 7.60. The van der Waals surface area contributed by atoms with E-state index in [2.05, 4.69) is 44.4 Å². The van der Waals surface area contributed by atoms with Gasteiger partial charge in [0, 0.05) is 57.3 Å². The number of nitrogens with one attached hydrogen (secondary N) is 1. The molecular weight excluding hydrogens is 350 g/mol. The molecule has 1 atom stereocenters. The minimum atomic E-state index is 0.0688. The fourth-order valence-electron chi connectivity index (χ4n) is 4.12. The molecule has 2 aliphatic rings. The van der Waals surface area contributed by atoms with Crippen molar-refractivity contribution in [3.05, 3.63) is 60.4 Å². The molecule has 3 heterocycles. The van der Waals surface area contributed by atoms with Gasteiger partial charge in [-0.3, -0.25) is 9.88 Å². The van der Waals surface area contributed by atoms with Gasteiger partial charge in [-0.1, -0.05) is 30.3 Å². The van der Waals surface area contributed by atoms with Crippen molar-refractivity contribution in [1.29, 1.82) is 0 Å². The van der Waals surface area contributed by atoms with Crippen molar-refractivity contribution in [3.63, 3.8) is 0 Å². The average Bonchev–Trinajstić information content (AvgIpc) is 2.76. The van der Waals surface area contributed by atoms with Crippen molar-refractivity contribution < 1.29 is 4.79 Å². The zero-order chi connectivity index (χ0) is 19.2. The number of benzene rings is 1. The third-order valence-corrected chi connectivity index (χ3v) is 5.73. The maximum atomic E-state index is 12.9. The number of hydrogen-bond acceptors (Lipinski definition) is 4. The standard InChI is InChI=1S/C22H29N5O/c28-22(26-16-14-25(15-17-26)20-9-11-23-12-10-20)24-21-8-4-5-13-27(21)18-19-6-2-1-3-7-19/h1-3,6-7,9-12,21H,4-5,8,13-18H2,(H,24,28). The number of urea groups is 1. The molecule has 2 aromatic rings. The Labute approximate surface area is 167 Å². The number of rotatable bonds is 4. The Bertz CT molecular complexity index is 746. The van der Waals surface area contributed by atoms with E-state index in [-0.39, 0.29) is 12.2 Å². The van der Waals surface area contributed by atoms with Crippen LogP contribution in [0.3, 0.4) is 0 Å². The van der Waals surface area contributed by atoms with Gasteiger partial charge in [0.15, 0.2) is 0 Å². The predicted molar refractivity (Wildman–Crippen MR) is 111 cm³/mol. The molecule has 2 saturated heterocycles. The number of piperazine rings is 1. The van der Waals surface area contributed by atoms with Crippen LogP contribution in [-0.2, 0) is 6.54 Å². The summed E-state index contributed by atoms with van der Waals surface area (Å²) < 4.78 is 0. The summed E-state index contributed by atoms with van der Waals surface area (Å²) in [5, 5.41) is 3.30. The van der Waals surface area contributed by atoms with E-state index in [1.54, 1.807) is 0 Å². The van der Waals surface area contributed by atoms with Crippen LogP contribution in [0.4, 0.5) is 10.5 Å². The summed E-state index contributed by atoms with van der Waals surface area (Å²) in [4.78, 5) is 23.6. The number of nitrogens with zero attached hydrogens (tertiary/aromatic N) is 4. The summed E-state index contributed by atoms with van der Waals surface area (Å²) in [6, 6.07) is 14.6. The lowest BCUT2D eigenvalue weighted by atomic mass is 10.1. The smallest absolute Gasteiger partial charge is 0.318 e. The Kier molecular flexibility index (Phi) is 6.07. The number of anilines is 1. The van der Waals surface area contributed by atoms with Crippen LogP contribution in [0.15, 0.2) is 54.9 Å². The molecule has 1 aromatic carbocycles. The zero-order valence-corrected chi connectivity index (χ0v) is 16.3. The second-order valence-electron chi connectivity index (χ2n) is 7.60. The lowest BCUT2D eigenvalue weighted by Gasteiger charge is -2.40. The van der Waals surface area contributed by atoms with Gasteiger partial charge in [-0.25, -0.2) is 4.79 Å². The van der Waals surface area contributed by atoms with E-state index in [9.17, 15) is 4.79 Å². The molecule has 148 valence electrons. The molecule has 0 bridgehead atoms. The first-order chi connectivity index (χ1) is 13.8. The van der Waals surface area contributed by atoms with Crippen LogP contribution in [0, 0.1) is 0 Å². The molecular formula is C22H29N5O. The topological polar surface area (TPSA) is 51.7 Å². The fraction of sp³-hybridized carbons (Fsp3) is 0.455. The summed E-state index contributed by atoms with van der Waals surface area (Å²) >= 11 is 0. The van der Waals surface area contributed by atoms with Gasteiger partial charge >= 0.3 is 6.03 Å². The molecule has 4 rings (SSSR count). The van der Waals surface area contributed by atoms with Crippen LogP contribution in [0.25, 0.3) is 0 Å². The minimum absolute atomic E-state index is 0.0688. The molecule has 28 heavy (non-hydrogen) atoms. The first-order valence-electron chi connectivity index (χ1n) is 10.3. The quantitative estimate of drug-likeness (QED) is 0.887. The third-order valence-electron chi connectivity index (χ3n) is 5.73. The Morgan fingerprint density at radius 1 is 0.964 bits per heavy atom. The molecule has 1 aromatic heterocycles. The molecule has 1 unspecified atom stereocenters. The normalized spacial score (nSPS) is 20.8. The molecule has 0 spiro atoms. The highest BCUT2D eigenvalue weighted by Gasteiger charge is 2.27. The van der Waals surface area contributed by atoms with Crippen LogP contribution in [0.1, 0.15) is 24.8 Å². The summed E-state index contributed by atoms with van der Waals surface area (Å²) in [6.07, 6.45) is 7.16. The number of piperidine rings is 1. The average molecular weight is 380 g/mol. The van der Waals surface area contributed by atoms with Gasteiger partial charge in [0.05, 0.1) is 6.17 Å². The van der Waals surface area contributed by atoms with Crippen molar-refractivity contribution in [2.24, 2.45) is 0 Å². The van der Waals surface area contributed by atoms with E-state index < -0.39 is 0 Å². The van der Waals surface area contributed by atoms with Gasteiger partial charge in [0.2, 0.25) is 0 Å². The number of hydrogen-bond donors (Lipinski definition) is 1. The highest BCUT2D eigenvalue weighted by molar-refractivity contribution is 5.75. The van der Waals surface area contributed by atoms with Gasteiger partial charge in [0.1, 0.15) is 0 Å². The molecule has 6 heteroatoms. The van der Waals surface area contributed by atoms with Crippen LogP contribution < -0.4 is 10.2 Å². The first-order valence-corrected chi connectivity index (χ1v) is 10.3.